The predicted molar refractivity (Wildman–Crippen MR) is 87.2 cm³/mol. The molecule has 0 aromatic heterocycles. The zero-order valence-electron chi connectivity index (χ0n) is 13.1. The van der Waals surface area contributed by atoms with Gasteiger partial charge in [0.15, 0.2) is 5.96 Å². The van der Waals surface area contributed by atoms with E-state index < -0.39 is 0 Å². The Hall–Kier alpha value is -1.75. The fraction of sp³-hybridized carbons (Fsp3) is 0.588. The highest BCUT2D eigenvalue weighted by Crippen LogP contribution is 2.34. The minimum Gasteiger partial charge on any atom is -0.508 e. The largest absolute Gasteiger partial charge is 0.508 e. The van der Waals surface area contributed by atoms with Crippen molar-refractivity contribution >= 4 is 5.96 Å². The highest BCUT2D eigenvalue weighted by Gasteiger charge is 2.41. The van der Waals surface area contributed by atoms with Crippen LogP contribution >= 0.6 is 0 Å². The molecule has 1 aromatic carbocycles. The minimum absolute atomic E-state index is 0.311. The fourth-order valence-corrected chi connectivity index (χ4v) is 3.29. The molecule has 3 N–H and O–H groups in total. The first-order chi connectivity index (χ1) is 10.7. The van der Waals surface area contributed by atoms with Crippen LogP contribution in [0.4, 0.5) is 0 Å². The van der Waals surface area contributed by atoms with E-state index in [-0.39, 0.29) is 0 Å². The average molecular weight is 303 g/mol. The highest BCUT2D eigenvalue weighted by molar-refractivity contribution is 5.80. The maximum atomic E-state index is 9.48. The lowest BCUT2D eigenvalue weighted by atomic mass is 9.96. The number of rotatable bonds is 5. The second-order valence-electron chi connectivity index (χ2n) is 6.04. The zero-order chi connectivity index (χ0) is 15.4. The first-order valence-electron chi connectivity index (χ1n) is 8.23. The molecular formula is C17H25N3O2. The number of phenols is 1. The number of guanidine groups is 1. The lowest BCUT2D eigenvalue weighted by Crippen LogP contribution is -2.47. The van der Waals surface area contributed by atoms with Gasteiger partial charge in [0.2, 0.25) is 0 Å². The molecule has 5 nitrogen and oxygen atoms in total. The van der Waals surface area contributed by atoms with Crippen LogP contribution in [0.15, 0.2) is 29.3 Å². The third-order valence-corrected chi connectivity index (χ3v) is 4.35. The maximum absolute atomic E-state index is 9.48. The van der Waals surface area contributed by atoms with Gasteiger partial charge in [-0.3, -0.25) is 4.99 Å². The van der Waals surface area contributed by atoms with Crippen molar-refractivity contribution in [2.24, 2.45) is 4.99 Å². The number of hydrogen-bond acceptors (Lipinski definition) is 3. The SMILES string of the molecule is CCNC(=NCCc1cccc(O)c1)NC1CC2CCC1O2. The van der Waals surface area contributed by atoms with Crippen molar-refractivity contribution < 1.29 is 9.84 Å². The van der Waals surface area contributed by atoms with E-state index in [2.05, 4.69) is 22.5 Å². The molecule has 2 bridgehead atoms. The lowest BCUT2D eigenvalue weighted by molar-refractivity contribution is 0.0992. The van der Waals surface area contributed by atoms with Gasteiger partial charge in [0.05, 0.1) is 18.2 Å². The topological polar surface area (TPSA) is 65.9 Å². The molecule has 2 saturated heterocycles. The van der Waals surface area contributed by atoms with Crippen LogP contribution in [0, 0.1) is 0 Å². The lowest BCUT2D eigenvalue weighted by Gasteiger charge is -2.22. The van der Waals surface area contributed by atoms with Gasteiger partial charge in [-0.2, -0.15) is 0 Å². The summed E-state index contributed by atoms with van der Waals surface area (Å²) in [5, 5.41) is 16.3. The number of phenolic OH excluding ortho intramolecular Hbond substituents is 1. The van der Waals surface area contributed by atoms with Gasteiger partial charge in [-0.05, 0) is 50.3 Å². The quantitative estimate of drug-likeness (QED) is 0.573. The van der Waals surface area contributed by atoms with Crippen LogP contribution in [-0.4, -0.2) is 42.4 Å². The van der Waals surface area contributed by atoms with E-state index in [1.165, 1.54) is 6.42 Å². The Morgan fingerprint density at radius 3 is 3.00 bits per heavy atom. The molecule has 2 aliphatic heterocycles. The molecule has 2 heterocycles. The molecule has 0 amide bonds. The molecule has 2 fully saturated rings. The van der Waals surface area contributed by atoms with E-state index >= 15 is 0 Å². The summed E-state index contributed by atoms with van der Waals surface area (Å²) in [6.07, 6.45) is 5.05. The molecule has 2 aliphatic rings. The van der Waals surface area contributed by atoms with Crippen LogP contribution in [0.1, 0.15) is 31.7 Å². The van der Waals surface area contributed by atoms with Crippen molar-refractivity contribution in [3.63, 3.8) is 0 Å². The third kappa shape index (κ3) is 3.71. The smallest absolute Gasteiger partial charge is 0.191 e. The van der Waals surface area contributed by atoms with Crippen LogP contribution < -0.4 is 10.6 Å². The van der Waals surface area contributed by atoms with E-state index in [0.717, 1.165) is 37.3 Å². The Balaban J connectivity index is 1.53. The number of ether oxygens (including phenoxy) is 1. The predicted octanol–water partition coefficient (Wildman–Crippen LogP) is 1.81. The number of benzene rings is 1. The van der Waals surface area contributed by atoms with Gasteiger partial charge < -0.3 is 20.5 Å². The zero-order valence-corrected chi connectivity index (χ0v) is 13.1. The summed E-state index contributed by atoms with van der Waals surface area (Å²) in [5.41, 5.74) is 1.10. The number of nitrogens with one attached hydrogen (secondary N) is 2. The van der Waals surface area contributed by atoms with Crippen molar-refractivity contribution in [1.29, 1.82) is 0 Å². The maximum Gasteiger partial charge on any atom is 0.191 e. The van der Waals surface area contributed by atoms with Crippen molar-refractivity contribution in [2.75, 3.05) is 13.1 Å². The van der Waals surface area contributed by atoms with Gasteiger partial charge in [-0.25, -0.2) is 0 Å². The molecule has 5 heteroatoms. The van der Waals surface area contributed by atoms with E-state index in [1.807, 2.05) is 12.1 Å². The highest BCUT2D eigenvalue weighted by atomic mass is 16.5. The first kappa shape index (κ1) is 15.2. The first-order valence-corrected chi connectivity index (χ1v) is 8.23. The van der Waals surface area contributed by atoms with Gasteiger partial charge in [-0.15, -0.1) is 0 Å². The van der Waals surface area contributed by atoms with E-state index in [1.54, 1.807) is 12.1 Å². The summed E-state index contributed by atoms with van der Waals surface area (Å²) in [5.74, 6) is 1.18. The number of aliphatic imine (C=N–C) groups is 1. The number of fused-ring (bicyclic) bond motifs is 2. The molecule has 1 aromatic rings. The molecule has 3 atom stereocenters. The summed E-state index contributed by atoms with van der Waals surface area (Å²) >= 11 is 0. The van der Waals surface area contributed by atoms with E-state index in [4.69, 9.17) is 4.74 Å². The Morgan fingerprint density at radius 2 is 2.32 bits per heavy atom. The Kier molecular flexibility index (Phi) is 4.83. The normalized spacial score (nSPS) is 27.1. The summed E-state index contributed by atoms with van der Waals surface area (Å²) in [6, 6.07) is 7.74. The second-order valence-corrected chi connectivity index (χ2v) is 6.04. The Bertz CT molecular complexity index is 532. The molecular weight excluding hydrogens is 278 g/mol. The monoisotopic (exact) mass is 303 g/mol. The molecule has 3 rings (SSSR count). The van der Waals surface area contributed by atoms with Crippen molar-refractivity contribution in [3.05, 3.63) is 29.8 Å². The second kappa shape index (κ2) is 7.01. The molecule has 3 unspecified atom stereocenters. The van der Waals surface area contributed by atoms with E-state index in [0.29, 0.717) is 30.5 Å². The van der Waals surface area contributed by atoms with Crippen LogP contribution in [-0.2, 0) is 11.2 Å². The Morgan fingerprint density at radius 1 is 1.41 bits per heavy atom. The minimum atomic E-state index is 0.311. The summed E-state index contributed by atoms with van der Waals surface area (Å²) in [4.78, 5) is 4.64. The van der Waals surface area contributed by atoms with Gasteiger partial charge in [-0.1, -0.05) is 12.1 Å². The van der Waals surface area contributed by atoms with Crippen LogP contribution in [0.3, 0.4) is 0 Å². The van der Waals surface area contributed by atoms with Crippen LogP contribution in [0.25, 0.3) is 0 Å². The number of hydrogen-bond donors (Lipinski definition) is 3. The molecule has 0 aliphatic carbocycles. The summed E-state index contributed by atoms with van der Waals surface area (Å²) in [6.45, 7) is 3.61. The third-order valence-electron chi connectivity index (χ3n) is 4.35. The molecule has 22 heavy (non-hydrogen) atoms. The van der Waals surface area contributed by atoms with E-state index in [9.17, 15) is 5.11 Å². The van der Waals surface area contributed by atoms with Crippen LogP contribution in [0.2, 0.25) is 0 Å². The van der Waals surface area contributed by atoms with Crippen molar-refractivity contribution in [2.45, 2.75) is 50.9 Å². The molecule has 120 valence electrons. The number of aromatic hydroxyl groups is 1. The van der Waals surface area contributed by atoms with Gasteiger partial charge in [0, 0.05) is 13.1 Å². The van der Waals surface area contributed by atoms with Gasteiger partial charge in [0.25, 0.3) is 0 Å². The van der Waals surface area contributed by atoms with Crippen LogP contribution in [0.5, 0.6) is 5.75 Å². The molecule has 0 saturated carbocycles. The summed E-state index contributed by atoms with van der Waals surface area (Å²) in [7, 11) is 0. The standard InChI is InChI=1S/C17H25N3O2/c1-2-18-17(20-15-11-14-6-7-16(15)22-14)19-9-8-12-4-3-5-13(21)10-12/h3-5,10,14-16,21H,2,6-9,11H2,1H3,(H2,18,19,20). The average Bonchev–Trinajstić information content (AvgIpc) is 3.10. The van der Waals surface area contributed by atoms with Gasteiger partial charge >= 0.3 is 0 Å². The van der Waals surface area contributed by atoms with Crippen molar-refractivity contribution in [1.82, 2.24) is 10.6 Å². The van der Waals surface area contributed by atoms with Crippen molar-refractivity contribution in [3.8, 4) is 5.75 Å². The summed E-state index contributed by atoms with van der Waals surface area (Å²) < 4.78 is 5.88. The number of nitrogens with zero attached hydrogens (tertiary/aromatic N) is 1. The van der Waals surface area contributed by atoms with Gasteiger partial charge in [0.1, 0.15) is 5.75 Å². The fourth-order valence-electron chi connectivity index (χ4n) is 3.29. The molecule has 0 radical (unpaired) electrons. The molecule has 0 spiro atoms. The Labute approximate surface area is 131 Å².